The summed E-state index contributed by atoms with van der Waals surface area (Å²) in [6.07, 6.45) is 1.32. The van der Waals surface area contributed by atoms with Gasteiger partial charge in [0.25, 0.3) is 0 Å². The van der Waals surface area contributed by atoms with E-state index in [1.54, 1.807) is 0 Å². The molecule has 1 aromatic carbocycles. The van der Waals surface area contributed by atoms with Gasteiger partial charge in [-0.2, -0.15) is 4.98 Å². The van der Waals surface area contributed by atoms with E-state index in [1.165, 1.54) is 0 Å². The largest absolute Gasteiger partial charge is 0.502 e. The highest BCUT2D eigenvalue weighted by Gasteiger charge is 2.20. The van der Waals surface area contributed by atoms with Crippen LogP contribution in [0.3, 0.4) is 0 Å². The van der Waals surface area contributed by atoms with E-state index >= 15 is 0 Å². The number of nitro benzene ring substituents is 1. The molecule has 11 heteroatoms. The van der Waals surface area contributed by atoms with Gasteiger partial charge in [-0.25, -0.2) is 13.1 Å². The Kier molecular flexibility index (Phi) is 4.14. The predicted molar refractivity (Wildman–Crippen MR) is 68.0 cm³/mol. The van der Waals surface area contributed by atoms with E-state index in [0.29, 0.717) is 5.82 Å². The Morgan fingerprint density at radius 3 is 2.81 bits per heavy atom. The Balaban J connectivity index is 2.12. The van der Waals surface area contributed by atoms with Gasteiger partial charge in [-0.05, 0) is 12.1 Å². The number of phenolic OH excluding ortho intramolecular Hbond substituents is 1. The highest BCUT2D eigenvalue weighted by molar-refractivity contribution is 7.89. The minimum atomic E-state index is -3.94. The molecule has 0 atom stereocenters. The van der Waals surface area contributed by atoms with Crippen LogP contribution in [0.4, 0.5) is 5.69 Å². The molecule has 0 aliphatic heterocycles. The van der Waals surface area contributed by atoms with Gasteiger partial charge in [0.15, 0.2) is 11.6 Å². The first-order valence-electron chi connectivity index (χ1n) is 5.62. The zero-order chi connectivity index (χ0) is 15.5. The fraction of sp³-hybridized carbons (Fsp3) is 0.200. The van der Waals surface area contributed by atoms with Crippen molar-refractivity contribution < 1.29 is 23.0 Å². The fourth-order valence-corrected chi connectivity index (χ4v) is 2.55. The van der Waals surface area contributed by atoms with Crippen molar-refractivity contribution in [3.8, 4) is 5.75 Å². The number of aromatic hydroxyl groups is 1. The molecule has 0 unspecified atom stereocenters. The number of sulfonamides is 1. The molecule has 0 saturated heterocycles. The van der Waals surface area contributed by atoms with Crippen LogP contribution in [0.25, 0.3) is 0 Å². The van der Waals surface area contributed by atoms with Crippen LogP contribution in [0.1, 0.15) is 5.82 Å². The number of nitrogens with zero attached hydrogens (tertiary/aromatic N) is 3. The van der Waals surface area contributed by atoms with Crippen LogP contribution < -0.4 is 4.72 Å². The predicted octanol–water partition coefficient (Wildman–Crippen LogP) is 0.204. The normalized spacial score (nSPS) is 11.4. The van der Waals surface area contributed by atoms with Crippen LogP contribution in [-0.4, -0.2) is 35.1 Å². The van der Waals surface area contributed by atoms with E-state index < -0.39 is 26.4 Å². The Bertz CT molecular complexity index is 743. The van der Waals surface area contributed by atoms with Crippen molar-refractivity contribution >= 4 is 15.7 Å². The zero-order valence-corrected chi connectivity index (χ0v) is 11.3. The number of phenols is 1. The number of benzene rings is 1. The van der Waals surface area contributed by atoms with E-state index in [4.69, 9.17) is 0 Å². The molecule has 1 aromatic heterocycles. The molecule has 0 aliphatic rings. The quantitative estimate of drug-likeness (QED) is 0.567. The van der Waals surface area contributed by atoms with Crippen LogP contribution in [0.5, 0.6) is 5.75 Å². The maximum absolute atomic E-state index is 12.0. The summed E-state index contributed by atoms with van der Waals surface area (Å²) < 4.78 is 30.7. The minimum absolute atomic E-state index is 0.00343. The number of nitrogens with one attached hydrogen (secondary N) is 1. The zero-order valence-electron chi connectivity index (χ0n) is 10.5. The van der Waals surface area contributed by atoms with Gasteiger partial charge in [0.05, 0.1) is 9.82 Å². The maximum Gasteiger partial charge on any atom is 0.312 e. The molecule has 112 valence electrons. The molecular formula is C10H10N4O6S. The number of hydrogen-bond acceptors (Lipinski definition) is 8. The SMILES string of the molecule is O=[N+]([O-])c1cc(S(=O)(=O)NCCc2ncon2)ccc1O. The molecule has 10 nitrogen and oxygen atoms in total. The summed E-state index contributed by atoms with van der Waals surface area (Å²) in [5.74, 6) is -0.278. The van der Waals surface area contributed by atoms with Crippen molar-refractivity contribution in [3.05, 3.63) is 40.5 Å². The van der Waals surface area contributed by atoms with E-state index in [1.807, 2.05) is 0 Å². The average molecular weight is 314 g/mol. The molecular weight excluding hydrogens is 304 g/mol. The van der Waals surface area contributed by atoms with Gasteiger partial charge in [-0.1, -0.05) is 5.16 Å². The Morgan fingerprint density at radius 2 is 2.19 bits per heavy atom. The standard InChI is InChI=1S/C10H10N4O6S/c15-9-2-1-7(5-8(9)14(16)17)21(18,19)12-4-3-10-11-6-20-13-10/h1-2,5-6,12,15H,3-4H2. The molecule has 0 radical (unpaired) electrons. The fourth-order valence-electron chi connectivity index (χ4n) is 1.50. The Hall–Kier alpha value is -2.53. The number of aromatic nitrogens is 2. The van der Waals surface area contributed by atoms with Crippen LogP contribution in [-0.2, 0) is 16.4 Å². The molecule has 0 aliphatic carbocycles. The molecule has 0 fully saturated rings. The molecule has 2 rings (SSSR count). The molecule has 1 heterocycles. The molecule has 0 saturated carbocycles. The molecule has 2 aromatic rings. The minimum Gasteiger partial charge on any atom is -0.502 e. The van der Waals surface area contributed by atoms with Gasteiger partial charge in [0, 0.05) is 19.0 Å². The van der Waals surface area contributed by atoms with Gasteiger partial charge in [0.2, 0.25) is 16.4 Å². The van der Waals surface area contributed by atoms with Gasteiger partial charge >= 0.3 is 5.69 Å². The van der Waals surface area contributed by atoms with E-state index in [0.717, 1.165) is 24.6 Å². The van der Waals surface area contributed by atoms with E-state index in [2.05, 4.69) is 19.4 Å². The van der Waals surface area contributed by atoms with Crippen molar-refractivity contribution in [2.75, 3.05) is 6.54 Å². The first-order chi connectivity index (χ1) is 9.90. The lowest BCUT2D eigenvalue weighted by molar-refractivity contribution is -0.386. The summed E-state index contributed by atoms with van der Waals surface area (Å²) in [7, 11) is -3.94. The van der Waals surface area contributed by atoms with E-state index in [9.17, 15) is 23.6 Å². The average Bonchev–Trinajstić information content (AvgIpc) is 2.91. The Labute approximate surface area is 118 Å². The molecule has 0 bridgehead atoms. The second kappa shape index (κ2) is 5.85. The first kappa shape index (κ1) is 14.9. The number of rotatable bonds is 6. The topological polar surface area (TPSA) is 148 Å². The monoisotopic (exact) mass is 314 g/mol. The number of hydrogen-bond donors (Lipinski definition) is 2. The lowest BCUT2D eigenvalue weighted by Crippen LogP contribution is -2.26. The third kappa shape index (κ3) is 3.52. The van der Waals surface area contributed by atoms with Crippen molar-refractivity contribution in [2.24, 2.45) is 0 Å². The lowest BCUT2D eigenvalue weighted by atomic mass is 10.3. The number of nitro groups is 1. The van der Waals surface area contributed by atoms with Crippen LogP contribution >= 0.6 is 0 Å². The third-order valence-corrected chi connectivity index (χ3v) is 3.96. The lowest BCUT2D eigenvalue weighted by Gasteiger charge is -2.06. The van der Waals surface area contributed by atoms with Crippen molar-refractivity contribution in [1.82, 2.24) is 14.9 Å². The maximum atomic E-state index is 12.0. The highest BCUT2D eigenvalue weighted by Crippen LogP contribution is 2.28. The Morgan fingerprint density at radius 1 is 1.43 bits per heavy atom. The van der Waals surface area contributed by atoms with Crippen LogP contribution in [0, 0.1) is 10.1 Å². The van der Waals surface area contributed by atoms with Gasteiger partial charge in [0.1, 0.15) is 0 Å². The summed E-state index contributed by atoms with van der Waals surface area (Å²) >= 11 is 0. The first-order valence-corrected chi connectivity index (χ1v) is 7.11. The van der Waals surface area contributed by atoms with Gasteiger partial charge in [-0.15, -0.1) is 0 Å². The van der Waals surface area contributed by atoms with Crippen molar-refractivity contribution in [3.63, 3.8) is 0 Å². The summed E-state index contributed by atoms with van der Waals surface area (Å²) in [6.45, 7) is -0.00343. The molecule has 0 spiro atoms. The summed E-state index contributed by atoms with van der Waals surface area (Å²) in [6, 6.07) is 2.80. The summed E-state index contributed by atoms with van der Waals surface area (Å²) in [5, 5.41) is 23.5. The van der Waals surface area contributed by atoms with Crippen molar-refractivity contribution in [1.29, 1.82) is 0 Å². The molecule has 21 heavy (non-hydrogen) atoms. The van der Waals surface area contributed by atoms with Crippen molar-refractivity contribution in [2.45, 2.75) is 11.3 Å². The third-order valence-electron chi connectivity index (χ3n) is 2.50. The smallest absolute Gasteiger partial charge is 0.312 e. The highest BCUT2D eigenvalue weighted by atomic mass is 32.2. The second-order valence-corrected chi connectivity index (χ2v) is 5.67. The van der Waals surface area contributed by atoms with Gasteiger partial charge < -0.3 is 9.63 Å². The van der Waals surface area contributed by atoms with Gasteiger partial charge in [-0.3, -0.25) is 10.1 Å². The van der Waals surface area contributed by atoms with Crippen LogP contribution in [0.2, 0.25) is 0 Å². The summed E-state index contributed by atoms with van der Waals surface area (Å²) in [4.78, 5) is 13.2. The molecule has 0 amide bonds. The summed E-state index contributed by atoms with van der Waals surface area (Å²) in [5.41, 5.74) is -0.684. The van der Waals surface area contributed by atoms with E-state index in [-0.39, 0.29) is 17.9 Å². The molecule has 2 N–H and O–H groups in total. The second-order valence-electron chi connectivity index (χ2n) is 3.90. The van der Waals surface area contributed by atoms with Crippen LogP contribution in [0.15, 0.2) is 34.0 Å².